The molecule has 192 valence electrons. The number of carbonyl (C=O) groups is 2. The summed E-state index contributed by atoms with van der Waals surface area (Å²) in [6.45, 7) is 10.6. The van der Waals surface area contributed by atoms with Crippen LogP contribution >= 0.6 is 0 Å². The number of hydrogen-bond donors (Lipinski definition) is 2. The Balaban J connectivity index is 0.00000222. The summed E-state index contributed by atoms with van der Waals surface area (Å²) in [6, 6.07) is 18.3. The topological polar surface area (TPSA) is 64.7 Å². The molecule has 0 aromatic heterocycles. The Labute approximate surface area is 216 Å². The molecule has 6 heteroatoms. The van der Waals surface area contributed by atoms with Crippen molar-refractivity contribution in [2.75, 3.05) is 21.1 Å². The predicted molar refractivity (Wildman–Crippen MR) is 148 cm³/mol. The molecule has 3 rings (SSSR count). The van der Waals surface area contributed by atoms with Gasteiger partial charge < -0.3 is 20.4 Å². The molecule has 0 spiro atoms. The average molecular weight is 489 g/mol. The fraction of sp³-hybridized carbons (Fsp3) is 0.333. The highest BCUT2D eigenvalue weighted by Gasteiger charge is 2.29. The molecule has 1 aliphatic rings. The minimum absolute atomic E-state index is 0.0121. The number of allylic oxidation sites excluding steroid dienone is 1. The fourth-order valence-corrected chi connectivity index (χ4v) is 4.11. The molecule has 2 N–H and O–H groups in total. The third-order valence-electron chi connectivity index (χ3n) is 6.17. The molecule has 3 unspecified atom stereocenters. The van der Waals surface area contributed by atoms with Crippen molar-refractivity contribution in [1.82, 2.24) is 20.4 Å². The van der Waals surface area contributed by atoms with Gasteiger partial charge in [0, 0.05) is 39.3 Å². The molecule has 0 bridgehead atoms. The monoisotopic (exact) mass is 488 g/mol. The zero-order valence-electron chi connectivity index (χ0n) is 22.4. The van der Waals surface area contributed by atoms with Gasteiger partial charge in [-0.05, 0) is 17.2 Å². The van der Waals surface area contributed by atoms with Crippen LogP contribution in [-0.2, 0) is 16.1 Å². The zero-order valence-corrected chi connectivity index (χ0v) is 22.4. The lowest BCUT2D eigenvalue weighted by Gasteiger charge is -2.34. The molecule has 0 saturated carbocycles. The second-order valence-electron chi connectivity index (χ2n) is 8.64. The van der Waals surface area contributed by atoms with Crippen molar-refractivity contribution in [1.29, 1.82) is 0 Å². The number of rotatable bonds is 9. The van der Waals surface area contributed by atoms with Crippen LogP contribution in [0, 0.1) is 5.92 Å². The van der Waals surface area contributed by atoms with Crippen LogP contribution in [0.3, 0.4) is 0 Å². The van der Waals surface area contributed by atoms with Crippen molar-refractivity contribution in [3.05, 3.63) is 108 Å². The minimum atomic E-state index is -0.817. The van der Waals surface area contributed by atoms with E-state index in [9.17, 15) is 9.59 Å². The van der Waals surface area contributed by atoms with E-state index in [0.717, 1.165) is 16.8 Å². The SMILES string of the molecule is C=C(C(=O)NC(C(=O)N(C)Cc1ccccc1)c1ccccc1)N(C)C1C=CC(NC)=CC1C.CC. The maximum atomic E-state index is 13.4. The van der Waals surface area contributed by atoms with Gasteiger partial charge in [0.2, 0.25) is 5.91 Å². The van der Waals surface area contributed by atoms with Crippen molar-refractivity contribution in [2.45, 2.75) is 39.4 Å². The first-order valence-corrected chi connectivity index (χ1v) is 12.5. The summed E-state index contributed by atoms with van der Waals surface area (Å²) < 4.78 is 0. The number of carbonyl (C=O) groups excluding carboxylic acids is 2. The largest absolute Gasteiger partial charge is 0.388 e. The standard InChI is InChI=1S/C28H34N4O2.C2H6/c1-20-18-24(29-3)16-17-25(20)32(5)21(2)27(33)30-26(23-14-10-7-11-15-23)28(34)31(4)19-22-12-8-6-9-13-22;1-2/h6-18,20,25-26,29H,2,19H2,1,3-5H3,(H,30,33);1-2H3. The molecule has 6 nitrogen and oxygen atoms in total. The summed E-state index contributed by atoms with van der Waals surface area (Å²) in [7, 11) is 5.49. The Morgan fingerprint density at radius 2 is 1.58 bits per heavy atom. The van der Waals surface area contributed by atoms with Gasteiger partial charge in [-0.3, -0.25) is 9.59 Å². The molecule has 36 heavy (non-hydrogen) atoms. The van der Waals surface area contributed by atoms with Gasteiger partial charge >= 0.3 is 0 Å². The number of likely N-dealkylation sites (N-methyl/N-ethyl adjacent to an activating group) is 3. The Morgan fingerprint density at radius 1 is 1.00 bits per heavy atom. The van der Waals surface area contributed by atoms with Crippen molar-refractivity contribution in [3.8, 4) is 0 Å². The van der Waals surface area contributed by atoms with Gasteiger partial charge in [0.1, 0.15) is 6.04 Å². The molecule has 2 amide bonds. The van der Waals surface area contributed by atoms with E-state index >= 15 is 0 Å². The first kappa shape index (κ1) is 28.4. The highest BCUT2D eigenvalue weighted by Crippen LogP contribution is 2.23. The molecule has 0 fully saturated rings. The first-order chi connectivity index (χ1) is 17.3. The van der Waals surface area contributed by atoms with Crippen molar-refractivity contribution in [3.63, 3.8) is 0 Å². The van der Waals surface area contributed by atoms with Gasteiger partial charge in [-0.1, -0.05) is 100 Å². The number of benzene rings is 2. The number of nitrogens with zero attached hydrogens (tertiary/aromatic N) is 2. The van der Waals surface area contributed by atoms with E-state index in [2.05, 4.69) is 36.3 Å². The quantitative estimate of drug-likeness (QED) is 0.504. The zero-order chi connectivity index (χ0) is 26.7. The second-order valence-corrected chi connectivity index (χ2v) is 8.64. The average Bonchev–Trinajstić information content (AvgIpc) is 2.92. The summed E-state index contributed by atoms with van der Waals surface area (Å²) in [6.07, 6.45) is 6.19. The molecule has 1 aliphatic carbocycles. The van der Waals surface area contributed by atoms with E-state index in [1.807, 2.05) is 99.6 Å². The van der Waals surface area contributed by atoms with Crippen LogP contribution in [0.1, 0.15) is 37.9 Å². The number of amides is 2. The summed E-state index contributed by atoms with van der Waals surface area (Å²) in [5.74, 6) is -0.376. The summed E-state index contributed by atoms with van der Waals surface area (Å²) >= 11 is 0. The maximum Gasteiger partial charge on any atom is 0.267 e. The van der Waals surface area contributed by atoms with Crippen LogP contribution in [0.5, 0.6) is 0 Å². The summed E-state index contributed by atoms with van der Waals surface area (Å²) in [5, 5.41) is 6.07. The number of nitrogens with one attached hydrogen (secondary N) is 2. The molecule has 2 aromatic carbocycles. The third-order valence-corrected chi connectivity index (χ3v) is 6.17. The third kappa shape index (κ3) is 7.35. The van der Waals surface area contributed by atoms with Crippen LogP contribution in [-0.4, -0.2) is 48.8 Å². The van der Waals surface area contributed by atoms with E-state index in [-0.39, 0.29) is 23.8 Å². The molecule has 0 aliphatic heterocycles. The molecule has 0 radical (unpaired) electrons. The van der Waals surface area contributed by atoms with E-state index in [1.54, 1.807) is 11.9 Å². The molecule has 0 heterocycles. The minimum Gasteiger partial charge on any atom is -0.388 e. The van der Waals surface area contributed by atoms with E-state index < -0.39 is 6.04 Å². The van der Waals surface area contributed by atoms with Crippen LogP contribution < -0.4 is 10.6 Å². The van der Waals surface area contributed by atoms with E-state index in [4.69, 9.17) is 0 Å². The van der Waals surface area contributed by atoms with Crippen molar-refractivity contribution >= 4 is 11.8 Å². The predicted octanol–water partition coefficient (Wildman–Crippen LogP) is 4.65. The van der Waals surface area contributed by atoms with Gasteiger partial charge in [-0.25, -0.2) is 0 Å². The molecule has 3 atom stereocenters. The van der Waals surface area contributed by atoms with Crippen molar-refractivity contribution < 1.29 is 9.59 Å². The lowest BCUT2D eigenvalue weighted by atomic mass is 9.94. The first-order valence-electron chi connectivity index (χ1n) is 12.5. The summed E-state index contributed by atoms with van der Waals surface area (Å²) in [5.41, 5.74) is 3.10. The van der Waals surface area contributed by atoms with Crippen molar-refractivity contribution in [2.24, 2.45) is 5.92 Å². The van der Waals surface area contributed by atoms with Gasteiger partial charge in [0.05, 0.1) is 11.7 Å². The smallest absolute Gasteiger partial charge is 0.267 e. The Kier molecular flexibility index (Phi) is 11.0. The molecule has 0 saturated heterocycles. The highest BCUT2D eigenvalue weighted by atomic mass is 16.2. The maximum absolute atomic E-state index is 13.4. The fourth-order valence-electron chi connectivity index (χ4n) is 4.11. The Morgan fingerprint density at radius 3 is 2.14 bits per heavy atom. The van der Waals surface area contributed by atoms with Crippen LogP contribution in [0.25, 0.3) is 0 Å². The Bertz CT molecular complexity index is 1060. The highest BCUT2D eigenvalue weighted by molar-refractivity contribution is 5.96. The lowest BCUT2D eigenvalue weighted by molar-refractivity contribution is -0.135. The van der Waals surface area contributed by atoms with Gasteiger partial charge in [-0.2, -0.15) is 0 Å². The normalized spacial score (nSPS) is 17.0. The molecular weight excluding hydrogens is 448 g/mol. The van der Waals surface area contributed by atoms with Crippen LogP contribution in [0.15, 0.2) is 96.9 Å². The van der Waals surface area contributed by atoms with Crippen LogP contribution in [0.4, 0.5) is 0 Å². The molecular formula is C30H40N4O2. The van der Waals surface area contributed by atoms with Gasteiger partial charge in [0.15, 0.2) is 0 Å². The summed E-state index contributed by atoms with van der Waals surface area (Å²) in [4.78, 5) is 30.2. The second kappa shape index (κ2) is 13.9. The van der Waals surface area contributed by atoms with E-state index in [1.165, 1.54) is 0 Å². The van der Waals surface area contributed by atoms with Crippen LogP contribution in [0.2, 0.25) is 0 Å². The van der Waals surface area contributed by atoms with Gasteiger partial charge in [0.25, 0.3) is 5.91 Å². The molecule has 2 aromatic rings. The lowest BCUT2D eigenvalue weighted by Crippen LogP contribution is -2.45. The van der Waals surface area contributed by atoms with E-state index in [0.29, 0.717) is 12.2 Å². The van der Waals surface area contributed by atoms with Gasteiger partial charge in [-0.15, -0.1) is 0 Å². The number of hydrogen-bond acceptors (Lipinski definition) is 4. The Hall–Kier alpha value is -3.80.